The van der Waals surface area contributed by atoms with Crippen molar-refractivity contribution < 1.29 is 26.4 Å². The van der Waals surface area contributed by atoms with Crippen molar-refractivity contribution in [1.82, 2.24) is 30.0 Å². The molecule has 1 atom stereocenters. The number of nitrogens with two attached hydrogens (primary N) is 1. The first-order valence-corrected chi connectivity index (χ1v) is 10.5. The second-order valence-electron chi connectivity index (χ2n) is 6.50. The van der Waals surface area contributed by atoms with Crippen LogP contribution in [0.5, 0.6) is 0 Å². The summed E-state index contributed by atoms with van der Waals surface area (Å²) in [6.45, 7) is 1.49. The van der Waals surface area contributed by atoms with E-state index in [1.807, 2.05) is 0 Å². The molecule has 0 fully saturated rings. The fraction of sp³-hybridized carbons (Fsp3) is 0.235. The quantitative estimate of drug-likeness (QED) is 0.589. The second kappa shape index (κ2) is 7.94. The molecule has 0 aliphatic rings. The van der Waals surface area contributed by atoms with Crippen LogP contribution in [0.15, 0.2) is 41.6 Å². The smallest absolute Gasteiger partial charge is 0.366 e. The summed E-state index contributed by atoms with van der Waals surface area (Å²) in [4.78, 5) is 24.0. The highest BCUT2D eigenvalue weighted by Crippen LogP contribution is 2.32. The molecule has 0 unspecified atom stereocenters. The zero-order chi connectivity index (χ0) is 23.0. The Bertz CT molecular complexity index is 1230. The summed E-state index contributed by atoms with van der Waals surface area (Å²) in [5.41, 5.74) is 3.87. The minimum atomic E-state index is -4.85. The number of rotatable bonds is 5. The van der Waals surface area contributed by atoms with Crippen LogP contribution in [0.2, 0.25) is 0 Å². The van der Waals surface area contributed by atoms with Gasteiger partial charge in [0, 0.05) is 24.2 Å². The van der Waals surface area contributed by atoms with Crippen molar-refractivity contribution in [2.45, 2.75) is 24.0 Å². The van der Waals surface area contributed by atoms with E-state index in [9.17, 15) is 26.4 Å². The fourth-order valence-electron chi connectivity index (χ4n) is 2.62. The van der Waals surface area contributed by atoms with Crippen LogP contribution in [0.4, 0.5) is 19.1 Å². The monoisotopic (exact) mass is 455 g/mol. The lowest BCUT2D eigenvalue weighted by Crippen LogP contribution is -2.29. The van der Waals surface area contributed by atoms with Gasteiger partial charge >= 0.3 is 6.18 Å². The molecule has 0 saturated heterocycles. The first-order valence-electron chi connectivity index (χ1n) is 8.59. The number of sulfone groups is 1. The summed E-state index contributed by atoms with van der Waals surface area (Å²) >= 11 is 0. The summed E-state index contributed by atoms with van der Waals surface area (Å²) in [5, 5.41) is 6.41. The van der Waals surface area contributed by atoms with Gasteiger partial charge in [0.05, 0.1) is 16.5 Å². The van der Waals surface area contributed by atoms with Crippen molar-refractivity contribution in [3.63, 3.8) is 0 Å². The molecular formula is C17H16F3N7O3S. The zero-order valence-corrected chi connectivity index (χ0v) is 16.9. The number of halogens is 3. The van der Waals surface area contributed by atoms with Crippen LogP contribution < -0.4 is 11.1 Å². The molecule has 0 spiro atoms. The summed E-state index contributed by atoms with van der Waals surface area (Å²) in [6, 6.07) is 2.58. The van der Waals surface area contributed by atoms with Crippen LogP contribution >= 0.6 is 0 Å². The molecule has 164 valence electrons. The maximum atomic E-state index is 13.2. The van der Waals surface area contributed by atoms with E-state index in [1.54, 1.807) is 6.07 Å². The lowest BCUT2D eigenvalue weighted by Gasteiger charge is -2.15. The predicted octanol–water partition coefficient (Wildman–Crippen LogP) is 1.55. The van der Waals surface area contributed by atoms with Gasteiger partial charge in [0.25, 0.3) is 11.9 Å². The molecule has 3 N–H and O–H groups in total. The van der Waals surface area contributed by atoms with Crippen molar-refractivity contribution in [3.05, 3.63) is 53.6 Å². The molecule has 0 bridgehead atoms. The first kappa shape index (κ1) is 22.1. The van der Waals surface area contributed by atoms with Gasteiger partial charge in [-0.05, 0) is 31.2 Å². The number of anilines is 1. The predicted molar refractivity (Wildman–Crippen MR) is 102 cm³/mol. The van der Waals surface area contributed by atoms with Gasteiger partial charge in [0.1, 0.15) is 0 Å². The van der Waals surface area contributed by atoms with E-state index in [0.717, 1.165) is 12.3 Å². The maximum Gasteiger partial charge on any atom is 0.416 e. The normalized spacial score (nSPS) is 13.1. The van der Waals surface area contributed by atoms with Crippen LogP contribution in [0.3, 0.4) is 0 Å². The van der Waals surface area contributed by atoms with Gasteiger partial charge in [-0.1, -0.05) is 0 Å². The van der Waals surface area contributed by atoms with Gasteiger partial charge < -0.3 is 11.1 Å². The summed E-state index contributed by atoms with van der Waals surface area (Å²) < 4.78 is 64.3. The molecule has 31 heavy (non-hydrogen) atoms. The largest absolute Gasteiger partial charge is 0.416 e. The number of carbonyl (C=O) groups excluding carboxylic acids is 1. The minimum absolute atomic E-state index is 0.112. The zero-order valence-electron chi connectivity index (χ0n) is 16.1. The molecular weight excluding hydrogens is 439 g/mol. The number of alkyl halides is 3. The summed E-state index contributed by atoms with van der Waals surface area (Å²) in [5.74, 6) is -0.860. The Morgan fingerprint density at radius 1 is 1.19 bits per heavy atom. The van der Waals surface area contributed by atoms with Crippen LogP contribution in [0, 0.1) is 0 Å². The summed E-state index contributed by atoms with van der Waals surface area (Å²) in [6.07, 6.45) is -1.20. The number of hydrogen-bond donors (Lipinski definition) is 2. The minimum Gasteiger partial charge on any atom is -0.366 e. The lowest BCUT2D eigenvalue weighted by atomic mass is 10.1. The van der Waals surface area contributed by atoms with E-state index < -0.39 is 44.0 Å². The van der Waals surface area contributed by atoms with Crippen molar-refractivity contribution in [2.75, 3.05) is 12.0 Å². The topological polar surface area (TPSA) is 146 Å². The Balaban J connectivity index is 1.96. The standard InChI is InChI=1S/C17H16F3N7O3S/c1-9(13-25-15(21)26-27(13)16-22-4-3-5-23-16)24-14(28)10-6-11(17(18,19)20)8-12(7-10)31(2,29)30/h3-9H,1-2H3,(H2,21,26)(H,24,28)/t9-/m0/s1. The molecule has 3 aromatic rings. The average molecular weight is 455 g/mol. The Labute approximate surface area is 174 Å². The Kier molecular flexibility index (Phi) is 5.67. The number of amides is 1. The molecule has 10 nitrogen and oxygen atoms in total. The Hall–Kier alpha value is -3.55. The molecule has 3 rings (SSSR count). The molecule has 2 aromatic heterocycles. The first-order chi connectivity index (χ1) is 14.4. The van der Waals surface area contributed by atoms with E-state index in [4.69, 9.17) is 5.73 Å². The molecule has 1 aromatic carbocycles. The SMILES string of the molecule is C[C@H](NC(=O)c1cc(C(F)(F)F)cc(S(C)(=O)=O)c1)c1nc(N)nn1-c1ncccn1. The highest BCUT2D eigenvalue weighted by molar-refractivity contribution is 7.90. The highest BCUT2D eigenvalue weighted by Gasteiger charge is 2.33. The molecule has 0 saturated carbocycles. The van der Waals surface area contributed by atoms with Gasteiger partial charge in [-0.25, -0.2) is 18.4 Å². The molecule has 0 aliphatic carbocycles. The number of nitrogen functional groups attached to an aromatic ring is 1. The third kappa shape index (κ3) is 4.96. The van der Waals surface area contributed by atoms with Crippen molar-refractivity contribution in [3.8, 4) is 5.95 Å². The van der Waals surface area contributed by atoms with Crippen molar-refractivity contribution in [2.24, 2.45) is 0 Å². The number of nitrogens with one attached hydrogen (secondary N) is 1. The van der Waals surface area contributed by atoms with E-state index >= 15 is 0 Å². The van der Waals surface area contributed by atoms with Crippen LogP contribution in [-0.4, -0.2) is 45.3 Å². The van der Waals surface area contributed by atoms with E-state index in [-0.39, 0.29) is 17.7 Å². The van der Waals surface area contributed by atoms with Crippen LogP contribution in [0.25, 0.3) is 5.95 Å². The van der Waals surface area contributed by atoms with E-state index in [2.05, 4.69) is 25.4 Å². The van der Waals surface area contributed by atoms with Gasteiger partial charge in [-0.2, -0.15) is 22.8 Å². The van der Waals surface area contributed by atoms with Gasteiger partial charge in [0.2, 0.25) is 5.95 Å². The van der Waals surface area contributed by atoms with Gasteiger partial charge in [0.15, 0.2) is 15.7 Å². The highest BCUT2D eigenvalue weighted by atomic mass is 32.2. The number of carbonyl (C=O) groups is 1. The number of hydrogen-bond acceptors (Lipinski definition) is 8. The summed E-state index contributed by atoms with van der Waals surface area (Å²) in [7, 11) is -4.00. The number of aromatic nitrogens is 5. The molecule has 0 aliphatic heterocycles. The molecule has 14 heteroatoms. The lowest BCUT2D eigenvalue weighted by molar-refractivity contribution is -0.137. The third-order valence-corrected chi connectivity index (χ3v) is 5.14. The van der Waals surface area contributed by atoms with E-state index in [0.29, 0.717) is 12.1 Å². The van der Waals surface area contributed by atoms with Gasteiger partial charge in [-0.15, -0.1) is 5.10 Å². The number of nitrogens with zero attached hydrogens (tertiary/aromatic N) is 5. The Morgan fingerprint density at radius 3 is 2.42 bits per heavy atom. The van der Waals surface area contributed by atoms with Crippen LogP contribution in [-0.2, 0) is 16.0 Å². The molecule has 0 radical (unpaired) electrons. The number of benzene rings is 1. The molecule has 1 amide bonds. The van der Waals surface area contributed by atoms with Gasteiger partial charge in [-0.3, -0.25) is 4.79 Å². The third-order valence-electron chi connectivity index (χ3n) is 4.05. The average Bonchev–Trinajstić information content (AvgIpc) is 3.09. The van der Waals surface area contributed by atoms with Crippen molar-refractivity contribution in [1.29, 1.82) is 0 Å². The second-order valence-corrected chi connectivity index (χ2v) is 8.52. The van der Waals surface area contributed by atoms with Crippen LogP contribution in [0.1, 0.15) is 34.7 Å². The molecule has 2 heterocycles. The fourth-order valence-corrected chi connectivity index (χ4v) is 3.30. The van der Waals surface area contributed by atoms with Crippen molar-refractivity contribution >= 4 is 21.7 Å². The maximum absolute atomic E-state index is 13.2. The Morgan fingerprint density at radius 2 is 1.84 bits per heavy atom. The van der Waals surface area contributed by atoms with E-state index in [1.165, 1.54) is 24.0 Å².